The van der Waals surface area contributed by atoms with Crippen molar-refractivity contribution in [1.82, 2.24) is 0 Å². The van der Waals surface area contributed by atoms with Crippen LogP contribution in [0.25, 0.3) is 0 Å². The number of ether oxygens (including phenoxy) is 4. The molecule has 0 radical (unpaired) electrons. The molecule has 102 heavy (non-hydrogen) atoms. The second-order valence-electron chi connectivity index (χ2n) is 30.6. The number of aliphatic hydroxyl groups excluding tert-OH is 1. The molecular formula is C83H162O17P2. The summed E-state index contributed by atoms with van der Waals surface area (Å²) in [6.45, 7) is 9.74. The summed E-state index contributed by atoms with van der Waals surface area (Å²) in [5.74, 6) is -0.457. The van der Waals surface area contributed by atoms with Gasteiger partial charge >= 0.3 is 39.5 Å². The molecule has 17 nitrogen and oxygen atoms in total. The van der Waals surface area contributed by atoms with Crippen LogP contribution in [-0.2, 0) is 65.4 Å². The Kier molecular flexibility index (Phi) is 73.1. The summed E-state index contributed by atoms with van der Waals surface area (Å²) >= 11 is 0. The van der Waals surface area contributed by atoms with E-state index < -0.39 is 97.5 Å². The molecule has 0 heterocycles. The van der Waals surface area contributed by atoms with Gasteiger partial charge in [0.25, 0.3) is 0 Å². The average Bonchev–Trinajstić information content (AvgIpc) is 0.908. The van der Waals surface area contributed by atoms with E-state index in [9.17, 15) is 43.2 Å². The first-order valence-corrected chi connectivity index (χ1v) is 46.0. The average molecular weight is 1490 g/mol. The van der Waals surface area contributed by atoms with Crippen LogP contribution in [0.4, 0.5) is 0 Å². The standard InChI is InChI=1S/C83H162O17P2/c1-7-10-12-14-16-18-20-22-30-37-43-49-55-61-67-82(87)99-78(71-93-80(85)65-59-53-47-41-35-27-21-19-17-15-13-11-8-2)73-97-101(89,90)95-69-77(84)70-96-102(91,92)98-74-79(72-94-81(86)66-60-54-48-42-36-31-25-23-28-33-39-45-51-57-63-75(4)5)100-83(88)68-62-56-50-44-38-32-26-24-29-34-40-46-52-58-64-76(6)9-3/h75-79,84H,7-74H2,1-6H3,(H,89,90)(H,91,92)/t76?,77-,78+,79+/m0/s1. The minimum atomic E-state index is -4.96. The van der Waals surface area contributed by atoms with Gasteiger partial charge < -0.3 is 33.8 Å². The quantitative estimate of drug-likeness (QED) is 0.0222. The maximum absolute atomic E-state index is 13.1. The van der Waals surface area contributed by atoms with Crippen LogP contribution in [0.1, 0.15) is 440 Å². The molecule has 6 atom stereocenters. The fraction of sp³-hybridized carbons (Fsp3) is 0.952. The van der Waals surface area contributed by atoms with Crippen molar-refractivity contribution in [2.45, 2.75) is 458 Å². The molecule has 0 fully saturated rings. The fourth-order valence-electron chi connectivity index (χ4n) is 12.9. The highest BCUT2D eigenvalue weighted by molar-refractivity contribution is 7.47. The molecule has 0 aliphatic rings. The summed E-state index contributed by atoms with van der Waals surface area (Å²) in [7, 11) is -9.92. The van der Waals surface area contributed by atoms with Gasteiger partial charge in [-0.05, 0) is 37.5 Å². The number of unbranched alkanes of at least 4 members (excludes halogenated alkanes) is 51. The van der Waals surface area contributed by atoms with Gasteiger partial charge in [0.15, 0.2) is 12.2 Å². The van der Waals surface area contributed by atoms with Gasteiger partial charge in [-0.3, -0.25) is 37.3 Å². The third-order valence-electron chi connectivity index (χ3n) is 19.8. The number of esters is 4. The summed E-state index contributed by atoms with van der Waals surface area (Å²) in [5, 5.41) is 10.7. The Morgan fingerprint density at radius 1 is 0.284 bits per heavy atom. The highest BCUT2D eigenvalue weighted by Gasteiger charge is 2.30. The Bertz CT molecular complexity index is 1960. The smallest absolute Gasteiger partial charge is 0.462 e. The topological polar surface area (TPSA) is 237 Å². The highest BCUT2D eigenvalue weighted by atomic mass is 31.2. The highest BCUT2D eigenvalue weighted by Crippen LogP contribution is 2.45. The number of carbonyl (C=O) groups excluding carboxylic acids is 4. The van der Waals surface area contributed by atoms with Crippen LogP contribution in [0.2, 0.25) is 0 Å². The maximum atomic E-state index is 13.1. The Balaban J connectivity index is 5.27. The van der Waals surface area contributed by atoms with E-state index in [-0.39, 0.29) is 25.7 Å². The number of rotatable bonds is 82. The zero-order valence-electron chi connectivity index (χ0n) is 66.9. The van der Waals surface area contributed by atoms with Gasteiger partial charge in [-0.15, -0.1) is 0 Å². The van der Waals surface area contributed by atoms with Gasteiger partial charge in [-0.2, -0.15) is 0 Å². The number of carbonyl (C=O) groups is 4. The molecule has 0 aromatic heterocycles. The lowest BCUT2D eigenvalue weighted by Gasteiger charge is -2.21. The van der Waals surface area contributed by atoms with Gasteiger partial charge in [0.1, 0.15) is 19.3 Å². The maximum Gasteiger partial charge on any atom is 0.472 e. The van der Waals surface area contributed by atoms with Gasteiger partial charge in [0, 0.05) is 25.7 Å². The van der Waals surface area contributed by atoms with Crippen molar-refractivity contribution < 1.29 is 80.2 Å². The minimum Gasteiger partial charge on any atom is -0.462 e. The van der Waals surface area contributed by atoms with Crippen LogP contribution in [-0.4, -0.2) is 96.7 Å². The van der Waals surface area contributed by atoms with E-state index >= 15 is 0 Å². The van der Waals surface area contributed by atoms with Crippen LogP contribution in [0.15, 0.2) is 0 Å². The van der Waals surface area contributed by atoms with Crippen molar-refractivity contribution in [2.75, 3.05) is 39.6 Å². The number of hydrogen-bond acceptors (Lipinski definition) is 15. The molecule has 0 bridgehead atoms. The monoisotopic (exact) mass is 1490 g/mol. The van der Waals surface area contributed by atoms with E-state index in [0.717, 1.165) is 102 Å². The van der Waals surface area contributed by atoms with Gasteiger partial charge in [-0.25, -0.2) is 9.13 Å². The van der Waals surface area contributed by atoms with Crippen molar-refractivity contribution in [2.24, 2.45) is 11.8 Å². The van der Waals surface area contributed by atoms with Crippen molar-refractivity contribution in [3.05, 3.63) is 0 Å². The SMILES string of the molecule is CCCCCCCCCCCCCCCCC(=O)O[C@H](COC(=O)CCCCCCCCCCCCCCC)COP(=O)(O)OC[C@H](O)COP(=O)(O)OC[C@@H](COC(=O)CCCCCCCCCCCCCCCCC(C)C)OC(=O)CCCCCCCCCCCCCCCCC(C)CC. The van der Waals surface area contributed by atoms with E-state index in [1.54, 1.807) is 0 Å². The zero-order chi connectivity index (χ0) is 74.9. The van der Waals surface area contributed by atoms with Crippen LogP contribution in [0.3, 0.4) is 0 Å². The van der Waals surface area contributed by atoms with Crippen molar-refractivity contribution in [3.63, 3.8) is 0 Å². The molecule has 0 aliphatic heterocycles. The molecule has 0 aromatic carbocycles. The predicted octanol–water partition coefficient (Wildman–Crippen LogP) is 25.1. The number of phosphoric ester groups is 2. The molecule has 19 heteroatoms. The number of phosphoric acid groups is 2. The predicted molar refractivity (Wildman–Crippen MR) is 418 cm³/mol. The number of aliphatic hydroxyl groups is 1. The van der Waals surface area contributed by atoms with Crippen molar-refractivity contribution in [1.29, 1.82) is 0 Å². The Morgan fingerprint density at radius 3 is 0.745 bits per heavy atom. The fourth-order valence-corrected chi connectivity index (χ4v) is 14.4. The largest absolute Gasteiger partial charge is 0.472 e. The molecule has 0 aliphatic carbocycles. The van der Waals surface area contributed by atoms with E-state index in [4.69, 9.17) is 37.0 Å². The molecule has 3 N–H and O–H groups in total. The molecule has 0 spiro atoms. The number of hydrogen-bond donors (Lipinski definition) is 3. The normalized spacial score (nSPS) is 14.1. The van der Waals surface area contributed by atoms with Gasteiger partial charge in [0.2, 0.25) is 0 Å². The van der Waals surface area contributed by atoms with E-state index in [2.05, 4.69) is 41.5 Å². The molecule has 3 unspecified atom stereocenters. The first-order valence-electron chi connectivity index (χ1n) is 43.0. The molecule has 0 saturated carbocycles. The minimum absolute atomic E-state index is 0.108. The Hall–Kier alpha value is -1.94. The lowest BCUT2D eigenvalue weighted by atomic mass is 9.99. The first kappa shape index (κ1) is 100. The molecule has 606 valence electrons. The van der Waals surface area contributed by atoms with Gasteiger partial charge in [-0.1, -0.05) is 388 Å². The first-order chi connectivity index (χ1) is 49.4. The summed E-state index contributed by atoms with van der Waals surface area (Å²) in [6, 6.07) is 0. The van der Waals surface area contributed by atoms with Crippen LogP contribution in [0, 0.1) is 11.8 Å². The zero-order valence-corrected chi connectivity index (χ0v) is 68.7. The second-order valence-corrected chi connectivity index (χ2v) is 33.5. The van der Waals surface area contributed by atoms with E-state index in [1.165, 1.54) is 257 Å². The Morgan fingerprint density at radius 2 is 0.500 bits per heavy atom. The van der Waals surface area contributed by atoms with Crippen molar-refractivity contribution >= 4 is 39.5 Å². The van der Waals surface area contributed by atoms with Crippen LogP contribution >= 0.6 is 15.6 Å². The summed E-state index contributed by atoms with van der Waals surface area (Å²) in [4.78, 5) is 73.2. The van der Waals surface area contributed by atoms with Crippen LogP contribution < -0.4 is 0 Å². The van der Waals surface area contributed by atoms with E-state index in [0.29, 0.717) is 25.7 Å². The molecule has 0 rings (SSSR count). The lowest BCUT2D eigenvalue weighted by molar-refractivity contribution is -0.161. The van der Waals surface area contributed by atoms with Crippen LogP contribution in [0.5, 0.6) is 0 Å². The van der Waals surface area contributed by atoms with Crippen molar-refractivity contribution in [3.8, 4) is 0 Å². The second kappa shape index (κ2) is 74.5. The summed E-state index contributed by atoms with van der Waals surface area (Å²) in [6.07, 6.45) is 64.9. The molecule has 0 saturated heterocycles. The summed E-state index contributed by atoms with van der Waals surface area (Å²) < 4.78 is 68.8. The molecule has 0 aromatic rings. The Labute approximate surface area is 626 Å². The molecular weight excluding hydrogens is 1330 g/mol. The summed E-state index contributed by atoms with van der Waals surface area (Å²) in [5.41, 5.74) is 0. The lowest BCUT2D eigenvalue weighted by Crippen LogP contribution is -2.30. The van der Waals surface area contributed by atoms with Gasteiger partial charge in [0.05, 0.1) is 26.4 Å². The molecule has 0 amide bonds. The third kappa shape index (κ3) is 74.9. The third-order valence-corrected chi connectivity index (χ3v) is 21.7. The van der Waals surface area contributed by atoms with E-state index in [1.807, 2.05) is 0 Å².